The highest BCUT2D eigenvalue weighted by molar-refractivity contribution is 5.75. The van der Waals surface area contributed by atoms with Gasteiger partial charge in [-0.25, -0.2) is 4.79 Å². The maximum Gasteiger partial charge on any atom is 0.336 e. The lowest BCUT2D eigenvalue weighted by Crippen LogP contribution is -2.42. The number of aliphatic hydroxyl groups is 1. The molecule has 0 amide bonds. The average molecular weight is 189 g/mol. The van der Waals surface area contributed by atoms with Crippen LogP contribution in [0.5, 0.6) is 0 Å². The SMILES string of the molecule is CCOC(=O)C(O)C(N)CC(C)C. The van der Waals surface area contributed by atoms with Crippen molar-refractivity contribution in [1.29, 1.82) is 0 Å². The Morgan fingerprint density at radius 2 is 2.08 bits per heavy atom. The van der Waals surface area contributed by atoms with Crippen LogP contribution in [0.3, 0.4) is 0 Å². The molecule has 3 N–H and O–H groups in total. The van der Waals surface area contributed by atoms with Crippen molar-refractivity contribution < 1.29 is 14.6 Å². The van der Waals surface area contributed by atoms with Crippen LogP contribution in [-0.4, -0.2) is 29.8 Å². The van der Waals surface area contributed by atoms with Gasteiger partial charge < -0.3 is 15.6 Å². The molecule has 0 aliphatic carbocycles. The summed E-state index contributed by atoms with van der Waals surface area (Å²) in [6, 6.07) is -0.529. The number of carbonyl (C=O) groups excluding carboxylic acids is 1. The second-order valence-electron chi connectivity index (χ2n) is 3.49. The van der Waals surface area contributed by atoms with Crippen LogP contribution in [0.1, 0.15) is 27.2 Å². The van der Waals surface area contributed by atoms with Gasteiger partial charge in [0.15, 0.2) is 6.10 Å². The number of aliphatic hydroxyl groups excluding tert-OH is 1. The van der Waals surface area contributed by atoms with Gasteiger partial charge in [0.25, 0.3) is 0 Å². The maximum atomic E-state index is 11.0. The zero-order valence-electron chi connectivity index (χ0n) is 8.49. The van der Waals surface area contributed by atoms with Gasteiger partial charge in [0.05, 0.1) is 6.61 Å². The van der Waals surface area contributed by atoms with E-state index in [0.29, 0.717) is 12.3 Å². The number of hydrogen-bond acceptors (Lipinski definition) is 4. The zero-order chi connectivity index (χ0) is 10.4. The van der Waals surface area contributed by atoms with Crippen molar-refractivity contribution >= 4 is 5.97 Å². The van der Waals surface area contributed by atoms with Crippen molar-refractivity contribution in [2.75, 3.05) is 6.61 Å². The summed E-state index contributed by atoms with van der Waals surface area (Å²) >= 11 is 0. The van der Waals surface area contributed by atoms with Crippen LogP contribution in [0.25, 0.3) is 0 Å². The topological polar surface area (TPSA) is 72.5 Å². The quantitative estimate of drug-likeness (QED) is 0.609. The lowest BCUT2D eigenvalue weighted by Gasteiger charge is -2.18. The molecular weight excluding hydrogens is 170 g/mol. The number of ether oxygens (including phenoxy) is 1. The van der Waals surface area contributed by atoms with E-state index in [1.165, 1.54) is 0 Å². The van der Waals surface area contributed by atoms with Crippen molar-refractivity contribution in [2.24, 2.45) is 11.7 Å². The molecule has 0 saturated heterocycles. The second-order valence-corrected chi connectivity index (χ2v) is 3.49. The summed E-state index contributed by atoms with van der Waals surface area (Å²) in [7, 11) is 0. The first-order valence-electron chi connectivity index (χ1n) is 4.59. The molecule has 4 nitrogen and oxygen atoms in total. The van der Waals surface area contributed by atoms with Gasteiger partial charge in [-0.15, -0.1) is 0 Å². The Kier molecular flexibility index (Phi) is 5.66. The van der Waals surface area contributed by atoms with Crippen LogP contribution in [0, 0.1) is 5.92 Å². The lowest BCUT2D eigenvalue weighted by molar-refractivity contribution is -0.154. The molecule has 2 unspecified atom stereocenters. The normalized spacial score (nSPS) is 15.5. The first kappa shape index (κ1) is 12.4. The van der Waals surface area contributed by atoms with Gasteiger partial charge in [-0.2, -0.15) is 0 Å². The molecule has 4 heteroatoms. The van der Waals surface area contributed by atoms with E-state index in [-0.39, 0.29) is 6.61 Å². The molecule has 0 rings (SSSR count). The van der Waals surface area contributed by atoms with Gasteiger partial charge in [0.2, 0.25) is 0 Å². The molecule has 13 heavy (non-hydrogen) atoms. The summed E-state index contributed by atoms with van der Waals surface area (Å²) in [5.41, 5.74) is 5.60. The van der Waals surface area contributed by atoms with E-state index >= 15 is 0 Å². The van der Waals surface area contributed by atoms with Crippen LogP contribution in [0.2, 0.25) is 0 Å². The van der Waals surface area contributed by atoms with Gasteiger partial charge in [0, 0.05) is 6.04 Å². The molecule has 0 saturated carbocycles. The predicted molar refractivity (Wildman–Crippen MR) is 50.1 cm³/mol. The van der Waals surface area contributed by atoms with E-state index in [9.17, 15) is 9.90 Å². The Morgan fingerprint density at radius 1 is 1.54 bits per heavy atom. The maximum absolute atomic E-state index is 11.0. The fourth-order valence-electron chi connectivity index (χ4n) is 1.08. The summed E-state index contributed by atoms with van der Waals surface area (Å²) in [4.78, 5) is 11.0. The van der Waals surface area contributed by atoms with E-state index in [1.54, 1.807) is 6.92 Å². The van der Waals surface area contributed by atoms with Crippen molar-refractivity contribution in [3.63, 3.8) is 0 Å². The Morgan fingerprint density at radius 3 is 2.46 bits per heavy atom. The molecule has 0 aromatic carbocycles. The van der Waals surface area contributed by atoms with E-state index < -0.39 is 18.1 Å². The molecule has 2 atom stereocenters. The first-order chi connectivity index (χ1) is 5.99. The van der Waals surface area contributed by atoms with E-state index in [2.05, 4.69) is 4.74 Å². The number of hydrogen-bond donors (Lipinski definition) is 2. The van der Waals surface area contributed by atoms with Gasteiger partial charge in [-0.05, 0) is 19.3 Å². The molecule has 0 aliphatic rings. The highest BCUT2D eigenvalue weighted by atomic mass is 16.5. The van der Waals surface area contributed by atoms with Crippen molar-refractivity contribution in [2.45, 2.75) is 39.3 Å². The molecular formula is C9H19NO3. The van der Waals surface area contributed by atoms with Gasteiger partial charge in [0.1, 0.15) is 0 Å². The largest absolute Gasteiger partial charge is 0.464 e. The molecule has 0 aliphatic heterocycles. The minimum Gasteiger partial charge on any atom is -0.464 e. The number of carbonyl (C=O) groups is 1. The molecule has 0 heterocycles. The lowest BCUT2D eigenvalue weighted by atomic mass is 10.0. The minimum atomic E-state index is -1.19. The molecule has 0 bridgehead atoms. The van der Waals surface area contributed by atoms with Crippen LogP contribution >= 0.6 is 0 Å². The van der Waals surface area contributed by atoms with E-state index in [1.807, 2.05) is 13.8 Å². The highest BCUT2D eigenvalue weighted by Crippen LogP contribution is 2.07. The Hall–Kier alpha value is -0.610. The minimum absolute atomic E-state index is 0.268. The van der Waals surface area contributed by atoms with Crippen LogP contribution in [0.4, 0.5) is 0 Å². The van der Waals surface area contributed by atoms with Crippen molar-refractivity contribution in [1.82, 2.24) is 0 Å². The summed E-state index contributed by atoms with van der Waals surface area (Å²) < 4.78 is 4.64. The molecule has 0 spiro atoms. The Balaban J connectivity index is 3.93. The predicted octanol–water partition coefficient (Wildman–Crippen LogP) is 0.284. The van der Waals surface area contributed by atoms with Gasteiger partial charge >= 0.3 is 5.97 Å². The number of rotatable bonds is 5. The first-order valence-corrected chi connectivity index (χ1v) is 4.59. The second kappa shape index (κ2) is 5.94. The van der Waals surface area contributed by atoms with Gasteiger partial charge in [-0.3, -0.25) is 0 Å². The van der Waals surface area contributed by atoms with Crippen molar-refractivity contribution in [3.8, 4) is 0 Å². The molecule has 0 aromatic rings. The van der Waals surface area contributed by atoms with Crippen LogP contribution in [0.15, 0.2) is 0 Å². The van der Waals surface area contributed by atoms with Crippen LogP contribution in [-0.2, 0) is 9.53 Å². The van der Waals surface area contributed by atoms with Crippen LogP contribution < -0.4 is 5.73 Å². The fraction of sp³-hybridized carbons (Fsp3) is 0.889. The Bertz CT molecular complexity index is 159. The Labute approximate surface area is 79.1 Å². The van der Waals surface area contributed by atoms with E-state index in [0.717, 1.165) is 0 Å². The summed E-state index contributed by atoms with van der Waals surface area (Å²) in [5, 5.41) is 9.37. The molecule has 0 radical (unpaired) electrons. The monoisotopic (exact) mass is 189 g/mol. The summed E-state index contributed by atoms with van der Waals surface area (Å²) in [6.07, 6.45) is -0.581. The van der Waals surface area contributed by atoms with Gasteiger partial charge in [-0.1, -0.05) is 13.8 Å². The third-order valence-electron chi connectivity index (χ3n) is 1.68. The summed E-state index contributed by atoms with van der Waals surface area (Å²) in [5.74, 6) is -0.269. The van der Waals surface area contributed by atoms with Crippen molar-refractivity contribution in [3.05, 3.63) is 0 Å². The fourth-order valence-corrected chi connectivity index (χ4v) is 1.08. The smallest absolute Gasteiger partial charge is 0.336 e. The third-order valence-corrected chi connectivity index (χ3v) is 1.68. The molecule has 78 valence electrons. The summed E-state index contributed by atoms with van der Waals surface area (Å²) in [6.45, 7) is 5.93. The number of esters is 1. The average Bonchev–Trinajstić information content (AvgIpc) is 2.02. The number of nitrogens with two attached hydrogens (primary N) is 1. The zero-order valence-corrected chi connectivity index (χ0v) is 8.49. The highest BCUT2D eigenvalue weighted by Gasteiger charge is 2.24. The molecule has 0 fully saturated rings. The molecule has 0 aromatic heterocycles. The van der Waals surface area contributed by atoms with E-state index in [4.69, 9.17) is 5.73 Å². The standard InChI is InChI=1S/C9H19NO3/c1-4-13-9(12)8(11)7(10)5-6(2)3/h6-8,11H,4-5,10H2,1-3H3. The third kappa shape index (κ3) is 4.85.